The molecule has 3 aliphatic carbocycles. The van der Waals surface area contributed by atoms with Crippen LogP contribution in [0.15, 0.2) is 11.6 Å². The van der Waals surface area contributed by atoms with Gasteiger partial charge in [0.2, 0.25) is 0 Å². The van der Waals surface area contributed by atoms with Crippen LogP contribution in [0, 0.1) is 23.7 Å². The Morgan fingerprint density at radius 2 is 2.08 bits per heavy atom. The van der Waals surface area contributed by atoms with E-state index in [0.29, 0.717) is 0 Å². The van der Waals surface area contributed by atoms with Gasteiger partial charge in [-0.15, -0.1) is 0 Å². The zero-order valence-electron chi connectivity index (χ0n) is 8.24. The van der Waals surface area contributed by atoms with Crippen LogP contribution in [0.25, 0.3) is 0 Å². The maximum Gasteiger partial charge on any atom is 0.0546 e. The standard InChI is InChI=1S/C12H18O/c1-7-2-8-4-9-5-10(13)6-12(9)11(8)3-7/h3,8-13H,2,4-6H2,1H3/t8-,9-,10?,11-,12+/m0/s1. The zero-order chi connectivity index (χ0) is 9.00. The summed E-state index contributed by atoms with van der Waals surface area (Å²) in [5.74, 6) is 3.47. The first-order valence-electron chi connectivity index (χ1n) is 5.59. The van der Waals surface area contributed by atoms with E-state index in [1.54, 1.807) is 5.57 Å². The SMILES string of the molecule is CC1=C[C@H]2[C@@H](C1)C[C@H]1CC(O)C[C@H]12. The predicted octanol–water partition coefficient (Wildman–Crippen LogP) is 2.36. The summed E-state index contributed by atoms with van der Waals surface area (Å²) in [6.07, 6.45) is 7.41. The topological polar surface area (TPSA) is 20.2 Å². The summed E-state index contributed by atoms with van der Waals surface area (Å²) in [4.78, 5) is 0. The largest absolute Gasteiger partial charge is 0.393 e. The molecule has 2 fully saturated rings. The summed E-state index contributed by atoms with van der Waals surface area (Å²) < 4.78 is 0. The van der Waals surface area contributed by atoms with Crippen molar-refractivity contribution in [2.75, 3.05) is 0 Å². The first kappa shape index (κ1) is 8.05. The molecule has 0 aliphatic heterocycles. The van der Waals surface area contributed by atoms with Crippen molar-refractivity contribution in [1.82, 2.24) is 0 Å². The molecule has 0 heterocycles. The molecule has 0 aromatic heterocycles. The highest BCUT2D eigenvalue weighted by Crippen LogP contribution is 2.55. The van der Waals surface area contributed by atoms with Crippen molar-refractivity contribution in [3.8, 4) is 0 Å². The lowest BCUT2D eigenvalue weighted by Gasteiger charge is -2.15. The molecular formula is C12H18O. The monoisotopic (exact) mass is 178 g/mol. The molecule has 3 aliphatic rings. The second kappa shape index (κ2) is 2.60. The van der Waals surface area contributed by atoms with Crippen LogP contribution < -0.4 is 0 Å². The third-order valence-corrected chi connectivity index (χ3v) is 4.43. The van der Waals surface area contributed by atoms with E-state index >= 15 is 0 Å². The van der Waals surface area contributed by atoms with E-state index in [1.807, 2.05) is 0 Å². The fourth-order valence-corrected chi connectivity index (χ4v) is 4.05. The number of fused-ring (bicyclic) bond motifs is 3. The van der Waals surface area contributed by atoms with Crippen LogP contribution >= 0.6 is 0 Å². The van der Waals surface area contributed by atoms with Gasteiger partial charge in [0.1, 0.15) is 0 Å². The Bertz CT molecular complexity index is 256. The molecule has 0 radical (unpaired) electrons. The minimum atomic E-state index is 0.0188. The van der Waals surface area contributed by atoms with Gasteiger partial charge in [0.05, 0.1) is 6.10 Å². The maximum absolute atomic E-state index is 9.60. The summed E-state index contributed by atoms with van der Waals surface area (Å²) in [5, 5.41) is 9.60. The van der Waals surface area contributed by atoms with Crippen LogP contribution in [-0.4, -0.2) is 11.2 Å². The van der Waals surface area contributed by atoms with Gasteiger partial charge in [0, 0.05) is 0 Å². The van der Waals surface area contributed by atoms with Gasteiger partial charge in [-0.05, 0) is 56.3 Å². The van der Waals surface area contributed by atoms with Crippen LogP contribution in [-0.2, 0) is 0 Å². The minimum Gasteiger partial charge on any atom is -0.393 e. The lowest BCUT2D eigenvalue weighted by Crippen LogP contribution is -2.10. The molecule has 3 rings (SSSR count). The van der Waals surface area contributed by atoms with Crippen LogP contribution in [0.5, 0.6) is 0 Å². The number of aliphatic hydroxyl groups is 1. The van der Waals surface area contributed by atoms with Crippen LogP contribution in [0.2, 0.25) is 0 Å². The van der Waals surface area contributed by atoms with Gasteiger partial charge in [0.15, 0.2) is 0 Å². The molecule has 0 aromatic carbocycles. The fourth-order valence-electron chi connectivity index (χ4n) is 4.05. The molecule has 1 heteroatoms. The number of aliphatic hydroxyl groups excluding tert-OH is 1. The van der Waals surface area contributed by atoms with E-state index in [0.717, 1.165) is 36.5 Å². The minimum absolute atomic E-state index is 0.0188. The van der Waals surface area contributed by atoms with E-state index < -0.39 is 0 Å². The molecule has 0 spiro atoms. The highest BCUT2D eigenvalue weighted by molar-refractivity contribution is 5.17. The van der Waals surface area contributed by atoms with E-state index in [2.05, 4.69) is 13.0 Å². The van der Waals surface area contributed by atoms with E-state index in [1.165, 1.54) is 12.8 Å². The average molecular weight is 178 g/mol. The van der Waals surface area contributed by atoms with Crippen LogP contribution in [0.3, 0.4) is 0 Å². The Labute approximate surface area is 79.8 Å². The van der Waals surface area contributed by atoms with Crippen molar-refractivity contribution < 1.29 is 5.11 Å². The quantitative estimate of drug-likeness (QED) is 0.565. The normalized spacial score (nSPS) is 53.4. The van der Waals surface area contributed by atoms with Gasteiger partial charge in [-0.1, -0.05) is 11.6 Å². The lowest BCUT2D eigenvalue weighted by atomic mass is 9.90. The fraction of sp³-hybridized carbons (Fsp3) is 0.833. The van der Waals surface area contributed by atoms with Crippen molar-refractivity contribution in [3.63, 3.8) is 0 Å². The third-order valence-electron chi connectivity index (χ3n) is 4.43. The second-order valence-electron chi connectivity index (χ2n) is 5.34. The van der Waals surface area contributed by atoms with Crippen LogP contribution in [0.4, 0.5) is 0 Å². The molecule has 2 saturated carbocycles. The van der Waals surface area contributed by atoms with Crippen molar-refractivity contribution in [2.24, 2.45) is 23.7 Å². The molecule has 13 heavy (non-hydrogen) atoms. The van der Waals surface area contributed by atoms with Crippen molar-refractivity contribution in [2.45, 2.75) is 38.7 Å². The Kier molecular flexibility index (Phi) is 1.61. The number of allylic oxidation sites excluding steroid dienone is 2. The molecule has 0 bridgehead atoms. The maximum atomic E-state index is 9.60. The van der Waals surface area contributed by atoms with Gasteiger partial charge < -0.3 is 5.11 Å². The molecule has 72 valence electrons. The zero-order valence-corrected chi connectivity index (χ0v) is 8.24. The van der Waals surface area contributed by atoms with E-state index in [-0.39, 0.29) is 6.10 Å². The molecule has 0 saturated heterocycles. The number of hydrogen-bond acceptors (Lipinski definition) is 1. The smallest absolute Gasteiger partial charge is 0.0546 e. The number of rotatable bonds is 0. The van der Waals surface area contributed by atoms with Gasteiger partial charge in [-0.3, -0.25) is 0 Å². The van der Waals surface area contributed by atoms with Gasteiger partial charge >= 0.3 is 0 Å². The predicted molar refractivity (Wildman–Crippen MR) is 52.2 cm³/mol. The molecule has 5 atom stereocenters. The Morgan fingerprint density at radius 1 is 1.23 bits per heavy atom. The van der Waals surface area contributed by atoms with Crippen molar-refractivity contribution in [3.05, 3.63) is 11.6 Å². The Morgan fingerprint density at radius 3 is 2.92 bits per heavy atom. The molecule has 1 unspecified atom stereocenters. The van der Waals surface area contributed by atoms with E-state index in [4.69, 9.17) is 0 Å². The first-order chi connectivity index (χ1) is 6.24. The van der Waals surface area contributed by atoms with Gasteiger partial charge in [-0.2, -0.15) is 0 Å². The molecule has 0 aromatic rings. The Balaban J connectivity index is 1.84. The summed E-state index contributed by atoms with van der Waals surface area (Å²) in [6, 6.07) is 0. The molecule has 1 nitrogen and oxygen atoms in total. The summed E-state index contributed by atoms with van der Waals surface area (Å²) >= 11 is 0. The average Bonchev–Trinajstić information content (AvgIpc) is 2.60. The van der Waals surface area contributed by atoms with Crippen molar-refractivity contribution in [1.29, 1.82) is 0 Å². The third kappa shape index (κ3) is 1.10. The molecule has 1 N–H and O–H groups in total. The van der Waals surface area contributed by atoms with Gasteiger partial charge in [-0.25, -0.2) is 0 Å². The van der Waals surface area contributed by atoms with Gasteiger partial charge in [0.25, 0.3) is 0 Å². The van der Waals surface area contributed by atoms with E-state index in [9.17, 15) is 5.11 Å². The highest BCUT2D eigenvalue weighted by Gasteiger charge is 2.48. The summed E-state index contributed by atoms with van der Waals surface area (Å²) in [5.41, 5.74) is 1.59. The second-order valence-corrected chi connectivity index (χ2v) is 5.34. The van der Waals surface area contributed by atoms with Crippen molar-refractivity contribution >= 4 is 0 Å². The molecule has 0 amide bonds. The molecular weight excluding hydrogens is 160 g/mol. The number of hydrogen-bond donors (Lipinski definition) is 1. The highest BCUT2D eigenvalue weighted by atomic mass is 16.3. The summed E-state index contributed by atoms with van der Waals surface area (Å²) in [7, 11) is 0. The summed E-state index contributed by atoms with van der Waals surface area (Å²) in [6.45, 7) is 2.26. The van der Waals surface area contributed by atoms with Crippen LogP contribution in [0.1, 0.15) is 32.6 Å². The lowest BCUT2D eigenvalue weighted by molar-refractivity contribution is 0.165. The first-order valence-corrected chi connectivity index (χ1v) is 5.59. The Hall–Kier alpha value is -0.300.